The molecule has 1 aliphatic rings. The normalized spacial score (nSPS) is 23.7. The Balaban J connectivity index is 2.01. The molecular formula is C10H17N5. The van der Waals surface area contributed by atoms with Crippen LogP contribution in [0.2, 0.25) is 0 Å². The van der Waals surface area contributed by atoms with E-state index in [1.807, 2.05) is 6.92 Å². The molecule has 0 aliphatic heterocycles. The van der Waals surface area contributed by atoms with Crippen LogP contribution in [0.1, 0.15) is 18.9 Å². The van der Waals surface area contributed by atoms with Crippen LogP contribution < -0.4 is 16.6 Å². The monoisotopic (exact) mass is 207 g/mol. The second kappa shape index (κ2) is 4.02. The third-order valence-corrected chi connectivity index (χ3v) is 3.03. The summed E-state index contributed by atoms with van der Waals surface area (Å²) >= 11 is 0. The van der Waals surface area contributed by atoms with Gasteiger partial charge in [0.2, 0.25) is 0 Å². The van der Waals surface area contributed by atoms with Gasteiger partial charge in [0.15, 0.2) is 0 Å². The molecule has 5 heteroatoms. The Labute approximate surface area is 89.5 Å². The minimum absolute atomic E-state index is 0.677. The Bertz CT molecular complexity index is 352. The number of nitrogens with two attached hydrogens (primary N) is 1. The maximum atomic E-state index is 5.34. The second-order valence-corrected chi connectivity index (χ2v) is 4.19. The zero-order chi connectivity index (χ0) is 10.8. The lowest BCUT2D eigenvalue weighted by Crippen LogP contribution is -2.13. The summed E-state index contributed by atoms with van der Waals surface area (Å²) in [5, 5.41) is 3.33. The quantitative estimate of drug-likeness (QED) is 0.510. The fourth-order valence-electron chi connectivity index (χ4n) is 1.69. The van der Waals surface area contributed by atoms with Crippen molar-refractivity contribution in [1.82, 2.24) is 9.97 Å². The van der Waals surface area contributed by atoms with Gasteiger partial charge in [-0.2, -0.15) is 0 Å². The van der Waals surface area contributed by atoms with Crippen LogP contribution >= 0.6 is 0 Å². The first-order valence-electron chi connectivity index (χ1n) is 5.24. The number of nitrogens with zero attached hydrogens (tertiary/aromatic N) is 2. The third kappa shape index (κ3) is 2.18. The number of nitrogens with one attached hydrogen (secondary N) is 2. The van der Waals surface area contributed by atoms with Gasteiger partial charge in [-0.1, -0.05) is 6.92 Å². The molecule has 1 heterocycles. The first kappa shape index (κ1) is 10.2. The third-order valence-electron chi connectivity index (χ3n) is 3.03. The summed E-state index contributed by atoms with van der Waals surface area (Å²) in [6, 6.07) is 0. The van der Waals surface area contributed by atoms with E-state index in [0.29, 0.717) is 5.82 Å². The van der Waals surface area contributed by atoms with Crippen molar-refractivity contribution in [2.45, 2.75) is 20.3 Å². The van der Waals surface area contributed by atoms with E-state index in [1.54, 1.807) is 0 Å². The minimum atomic E-state index is 0.677. The van der Waals surface area contributed by atoms with Crippen molar-refractivity contribution in [3.05, 3.63) is 11.9 Å². The number of anilines is 2. The molecule has 1 aromatic heterocycles. The second-order valence-electron chi connectivity index (χ2n) is 4.19. The fraction of sp³-hybridized carbons (Fsp3) is 0.600. The highest BCUT2D eigenvalue weighted by molar-refractivity contribution is 5.55. The van der Waals surface area contributed by atoms with Crippen LogP contribution in [0.25, 0.3) is 0 Å². The first-order valence-corrected chi connectivity index (χ1v) is 5.24. The molecule has 0 spiro atoms. The molecule has 15 heavy (non-hydrogen) atoms. The van der Waals surface area contributed by atoms with Crippen molar-refractivity contribution in [3.63, 3.8) is 0 Å². The topological polar surface area (TPSA) is 75.9 Å². The largest absolute Gasteiger partial charge is 0.369 e. The SMILES string of the molecule is Cc1c(NN)ncnc1NCC1CC1C. The summed E-state index contributed by atoms with van der Waals surface area (Å²) in [5.74, 6) is 8.54. The standard InChI is InChI=1S/C10H17N5/c1-6-3-8(6)4-12-9-7(2)10(15-11)14-5-13-9/h5-6,8H,3-4,11H2,1-2H3,(H2,12,13,14,15). The zero-order valence-corrected chi connectivity index (χ0v) is 9.12. The van der Waals surface area contributed by atoms with Crippen LogP contribution in [0.5, 0.6) is 0 Å². The molecule has 2 atom stereocenters. The Morgan fingerprint density at radius 2 is 2.13 bits per heavy atom. The van der Waals surface area contributed by atoms with Gasteiger partial charge in [-0.15, -0.1) is 0 Å². The predicted molar refractivity (Wildman–Crippen MR) is 60.3 cm³/mol. The number of aromatic nitrogens is 2. The lowest BCUT2D eigenvalue weighted by Gasteiger charge is -2.10. The average molecular weight is 207 g/mol. The minimum Gasteiger partial charge on any atom is -0.369 e. The molecule has 1 saturated carbocycles. The molecule has 82 valence electrons. The highest BCUT2D eigenvalue weighted by Crippen LogP contribution is 2.37. The van der Waals surface area contributed by atoms with Crippen LogP contribution in [0.3, 0.4) is 0 Å². The highest BCUT2D eigenvalue weighted by Gasteiger charge is 2.32. The molecule has 5 nitrogen and oxygen atoms in total. The summed E-state index contributed by atoms with van der Waals surface area (Å²) in [4.78, 5) is 8.22. The van der Waals surface area contributed by atoms with Crippen molar-refractivity contribution in [3.8, 4) is 0 Å². The van der Waals surface area contributed by atoms with E-state index in [0.717, 1.165) is 29.8 Å². The smallest absolute Gasteiger partial charge is 0.148 e. The van der Waals surface area contributed by atoms with Gasteiger partial charge in [0, 0.05) is 12.1 Å². The molecule has 1 aromatic rings. The fourth-order valence-corrected chi connectivity index (χ4v) is 1.69. The molecule has 0 bridgehead atoms. The van der Waals surface area contributed by atoms with Crippen LogP contribution in [0.4, 0.5) is 11.6 Å². The summed E-state index contributed by atoms with van der Waals surface area (Å²) in [6.45, 7) is 5.21. The van der Waals surface area contributed by atoms with E-state index in [-0.39, 0.29) is 0 Å². The number of hydrogen-bond donors (Lipinski definition) is 3. The summed E-state index contributed by atoms with van der Waals surface area (Å²) in [6.07, 6.45) is 2.83. The Kier molecular flexibility index (Phi) is 2.73. The molecule has 1 aliphatic carbocycles. The van der Waals surface area contributed by atoms with E-state index < -0.39 is 0 Å². The predicted octanol–water partition coefficient (Wildman–Crippen LogP) is 1.14. The van der Waals surface area contributed by atoms with Crippen LogP contribution in [-0.2, 0) is 0 Å². The molecule has 0 saturated heterocycles. The Morgan fingerprint density at radius 3 is 2.73 bits per heavy atom. The number of hydrogen-bond acceptors (Lipinski definition) is 5. The van der Waals surface area contributed by atoms with Crippen molar-refractivity contribution in [1.29, 1.82) is 0 Å². The van der Waals surface area contributed by atoms with Crippen molar-refractivity contribution < 1.29 is 0 Å². The van der Waals surface area contributed by atoms with E-state index in [9.17, 15) is 0 Å². The molecule has 0 radical (unpaired) electrons. The lowest BCUT2D eigenvalue weighted by atomic mass is 10.3. The Morgan fingerprint density at radius 1 is 1.47 bits per heavy atom. The van der Waals surface area contributed by atoms with Gasteiger partial charge in [-0.3, -0.25) is 0 Å². The molecule has 1 fully saturated rings. The van der Waals surface area contributed by atoms with Gasteiger partial charge in [-0.05, 0) is 25.2 Å². The van der Waals surface area contributed by atoms with E-state index in [1.165, 1.54) is 12.7 Å². The average Bonchev–Trinajstić information content (AvgIpc) is 2.93. The van der Waals surface area contributed by atoms with Gasteiger partial charge >= 0.3 is 0 Å². The maximum Gasteiger partial charge on any atom is 0.148 e. The molecule has 0 amide bonds. The molecule has 4 N–H and O–H groups in total. The van der Waals surface area contributed by atoms with Gasteiger partial charge in [0.05, 0.1) is 0 Å². The summed E-state index contributed by atoms with van der Waals surface area (Å²) < 4.78 is 0. The number of hydrazine groups is 1. The first-order chi connectivity index (χ1) is 7.22. The summed E-state index contributed by atoms with van der Waals surface area (Å²) in [7, 11) is 0. The van der Waals surface area contributed by atoms with E-state index >= 15 is 0 Å². The lowest BCUT2D eigenvalue weighted by molar-refractivity contribution is 0.783. The van der Waals surface area contributed by atoms with Gasteiger partial charge in [-0.25, -0.2) is 15.8 Å². The van der Waals surface area contributed by atoms with Gasteiger partial charge in [0.25, 0.3) is 0 Å². The van der Waals surface area contributed by atoms with Crippen LogP contribution in [-0.4, -0.2) is 16.5 Å². The van der Waals surface area contributed by atoms with Crippen molar-refractivity contribution >= 4 is 11.6 Å². The maximum absolute atomic E-state index is 5.34. The Hall–Kier alpha value is -1.36. The molecular weight excluding hydrogens is 190 g/mol. The molecule has 2 rings (SSSR count). The van der Waals surface area contributed by atoms with Crippen molar-refractivity contribution in [2.75, 3.05) is 17.3 Å². The number of nitrogen functional groups attached to an aromatic ring is 1. The zero-order valence-electron chi connectivity index (χ0n) is 9.12. The number of rotatable bonds is 4. The van der Waals surface area contributed by atoms with Crippen LogP contribution in [0, 0.1) is 18.8 Å². The van der Waals surface area contributed by atoms with E-state index in [2.05, 4.69) is 27.6 Å². The molecule has 2 unspecified atom stereocenters. The molecule has 0 aromatic carbocycles. The van der Waals surface area contributed by atoms with Gasteiger partial charge < -0.3 is 10.7 Å². The van der Waals surface area contributed by atoms with Crippen molar-refractivity contribution in [2.24, 2.45) is 17.7 Å². The highest BCUT2D eigenvalue weighted by atomic mass is 15.3. The van der Waals surface area contributed by atoms with E-state index in [4.69, 9.17) is 5.84 Å². The summed E-state index contributed by atoms with van der Waals surface area (Å²) in [5.41, 5.74) is 3.52. The van der Waals surface area contributed by atoms with Crippen LogP contribution in [0.15, 0.2) is 6.33 Å². The van der Waals surface area contributed by atoms with Gasteiger partial charge in [0.1, 0.15) is 18.0 Å².